The Hall–Kier alpha value is -2.76. The first-order chi connectivity index (χ1) is 9.70. The second kappa shape index (κ2) is 4.73. The first-order valence-electron chi connectivity index (χ1n) is 6.15. The number of anilines is 1. The van der Waals surface area contributed by atoms with E-state index in [9.17, 15) is 14.4 Å². The van der Waals surface area contributed by atoms with Crippen LogP contribution < -0.4 is 10.2 Å². The van der Waals surface area contributed by atoms with Crippen molar-refractivity contribution in [2.24, 2.45) is 0 Å². The van der Waals surface area contributed by atoms with Crippen LogP contribution in [0.4, 0.5) is 10.5 Å². The Kier molecular flexibility index (Phi) is 2.90. The number of nitrogens with one attached hydrogen (secondary N) is 1. The number of hydrogen-bond donors (Lipinski definition) is 1. The fraction of sp³-hybridized carbons (Fsp3) is 0.143. The SMILES string of the molecule is O=Cc1ccc(N2CCC(=O)NC2=O)c2ncccc12. The number of pyridine rings is 1. The third kappa shape index (κ3) is 1.91. The van der Waals surface area contributed by atoms with Crippen LogP contribution in [0.3, 0.4) is 0 Å². The zero-order valence-electron chi connectivity index (χ0n) is 10.5. The molecule has 0 unspecified atom stereocenters. The van der Waals surface area contributed by atoms with Crippen LogP contribution in [0, 0.1) is 0 Å². The number of aromatic nitrogens is 1. The molecule has 6 heteroatoms. The van der Waals surface area contributed by atoms with E-state index in [0.29, 0.717) is 28.7 Å². The number of rotatable bonds is 2. The van der Waals surface area contributed by atoms with Crippen LogP contribution in [-0.4, -0.2) is 29.8 Å². The van der Waals surface area contributed by atoms with E-state index in [0.717, 1.165) is 6.29 Å². The molecule has 100 valence electrons. The number of aldehydes is 1. The van der Waals surface area contributed by atoms with Crippen molar-refractivity contribution in [1.29, 1.82) is 0 Å². The molecular formula is C14H11N3O3. The fourth-order valence-electron chi connectivity index (χ4n) is 2.29. The minimum absolute atomic E-state index is 0.246. The van der Waals surface area contributed by atoms with Gasteiger partial charge in [0.15, 0.2) is 6.29 Å². The molecule has 6 nitrogen and oxygen atoms in total. The predicted octanol–water partition coefficient (Wildman–Crippen LogP) is 1.49. The minimum atomic E-state index is -0.466. The van der Waals surface area contributed by atoms with E-state index in [4.69, 9.17) is 0 Å². The molecule has 1 aliphatic rings. The highest BCUT2D eigenvalue weighted by molar-refractivity contribution is 6.11. The van der Waals surface area contributed by atoms with Crippen molar-refractivity contribution in [3.63, 3.8) is 0 Å². The van der Waals surface area contributed by atoms with Gasteiger partial charge in [-0.25, -0.2) is 4.79 Å². The lowest BCUT2D eigenvalue weighted by Crippen LogP contribution is -2.49. The van der Waals surface area contributed by atoms with Gasteiger partial charge in [-0.2, -0.15) is 0 Å². The average molecular weight is 269 g/mol. The summed E-state index contributed by atoms with van der Waals surface area (Å²) in [6.07, 6.45) is 2.61. The molecule has 0 aliphatic carbocycles. The molecule has 1 aromatic carbocycles. The van der Waals surface area contributed by atoms with Crippen molar-refractivity contribution < 1.29 is 14.4 Å². The van der Waals surface area contributed by atoms with Crippen LogP contribution in [-0.2, 0) is 4.79 Å². The number of benzene rings is 1. The number of imide groups is 1. The quantitative estimate of drug-likeness (QED) is 0.838. The lowest BCUT2D eigenvalue weighted by atomic mass is 10.1. The molecule has 1 aliphatic heterocycles. The second-order valence-electron chi connectivity index (χ2n) is 4.45. The Balaban J connectivity index is 2.15. The molecule has 0 atom stereocenters. The van der Waals surface area contributed by atoms with Gasteiger partial charge >= 0.3 is 6.03 Å². The van der Waals surface area contributed by atoms with E-state index in [-0.39, 0.29) is 12.3 Å². The van der Waals surface area contributed by atoms with Gasteiger partial charge in [0.05, 0.1) is 11.2 Å². The Labute approximate surface area is 114 Å². The monoisotopic (exact) mass is 269 g/mol. The number of hydrogen-bond acceptors (Lipinski definition) is 4. The van der Waals surface area contributed by atoms with Crippen molar-refractivity contribution in [1.82, 2.24) is 10.3 Å². The lowest BCUT2D eigenvalue weighted by molar-refractivity contribution is -0.120. The molecule has 2 heterocycles. The number of fused-ring (bicyclic) bond motifs is 1. The van der Waals surface area contributed by atoms with Crippen molar-refractivity contribution in [2.45, 2.75) is 6.42 Å². The summed E-state index contributed by atoms with van der Waals surface area (Å²) in [6, 6.07) is 6.37. The van der Waals surface area contributed by atoms with Gasteiger partial charge < -0.3 is 0 Å². The van der Waals surface area contributed by atoms with Gasteiger partial charge in [0.1, 0.15) is 0 Å². The summed E-state index contributed by atoms with van der Waals surface area (Å²) in [4.78, 5) is 39.9. The first-order valence-corrected chi connectivity index (χ1v) is 6.15. The maximum atomic E-state index is 11.9. The molecule has 1 fully saturated rings. The van der Waals surface area contributed by atoms with E-state index in [1.165, 1.54) is 4.90 Å². The van der Waals surface area contributed by atoms with Crippen LogP contribution in [0.1, 0.15) is 16.8 Å². The molecule has 0 bridgehead atoms. The molecular weight excluding hydrogens is 258 g/mol. The normalized spacial score (nSPS) is 15.3. The molecule has 20 heavy (non-hydrogen) atoms. The van der Waals surface area contributed by atoms with E-state index in [2.05, 4.69) is 10.3 Å². The van der Waals surface area contributed by atoms with E-state index in [1.54, 1.807) is 30.5 Å². The summed E-state index contributed by atoms with van der Waals surface area (Å²) in [5.41, 5.74) is 1.68. The highest BCUT2D eigenvalue weighted by atomic mass is 16.2. The smallest absolute Gasteiger partial charge is 0.298 e. The van der Waals surface area contributed by atoms with Crippen molar-refractivity contribution in [3.05, 3.63) is 36.0 Å². The first kappa shape index (κ1) is 12.3. The van der Waals surface area contributed by atoms with Crippen LogP contribution >= 0.6 is 0 Å². The Morgan fingerprint density at radius 1 is 1.25 bits per heavy atom. The fourth-order valence-corrected chi connectivity index (χ4v) is 2.29. The summed E-state index contributed by atoms with van der Waals surface area (Å²) in [7, 11) is 0. The molecule has 1 aromatic heterocycles. The highest BCUT2D eigenvalue weighted by Gasteiger charge is 2.26. The topological polar surface area (TPSA) is 79.4 Å². The standard InChI is InChI=1S/C14H11N3O3/c18-8-9-3-4-11(13-10(9)2-1-6-15-13)17-7-5-12(19)16-14(17)20/h1-4,6,8H,5,7H2,(H,16,19,20). The predicted molar refractivity (Wildman–Crippen MR) is 72.6 cm³/mol. The van der Waals surface area contributed by atoms with Gasteiger partial charge in [-0.05, 0) is 18.2 Å². The Bertz CT molecular complexity index is 727. The average Bonchev–Trinajstić information content (AvgIpc) is 2.47. The van der Waals surface area contributed by atoms with Gasteiger partial charge in [-0.3, -0.25) is 24.8 Å². The number of carbonyl (C=O) groups is 3. The lowest BCUT2D eigenvalue weighted by Gasteiger charge is -2.27. The van der Waals surface area contributed by atoms with Gasteiger partial charge in [0.25, 0.3) is 0 Å². The highest BCUT2D eigenvalue weighted by Crippen LogP contribution is 2.28. The molecule has 3 amide bonds. The maximum absolute atomic E-state index is 11.9. The molecule has 1 N–H and O–H groups in total. The minimum Gasteiger partial charge on any atom is -0.298 e. The molecule has 0 spiro atoms. The molecule has 1 saturated heterocycles. The summed E-state index contributed by atoms with van der Waals surface area (Å²) in [5, 5.41) is 2.96. The number of amides is 3. The number of carbonyl (C=O) groups excluding carboxylic acids is 3. The van der Waals surface area contributed by atoms with Crippen LogP contribution in [0.15, 0.2) is 30.5 Å². The molecule has 2 aromatic rings. The van der Waals surface area contributed by atoms with Crippen molar-refractivity contribution in [2.75, 3.05) is 11.4 Å². The van der Waals surface area contributed by atoms with Gasteiger partial charge in [-0.15, -0.1) is 0 Å². The number of nitrogens with zero attached hydrogens (tertiary/aromatic N) is 2. The maximum Gasteiger partial charge on any atom is 0.328 e. The second-order valence-corrected chi connectivity index (χ2v) is 4.45. The third-order valence-electron chi connectivity index (χ3n) is 3.25. The number of urea groups is 1. The van der Waals surface area contributed by atoms with Gasteiger partial charge in [-0.1, -0.05) is 6.07 Å². The zero-order valence-corrected chi connectivity index (χ0v) is 10.5. The summed E-state index contributed by atoms with van der Waals surface area (Å²) in [6.45, 7) is 0.302. The molecule has 3 rings (SSSR count). The van der Waals surface area contributed by atoms with E-state index >= 15 is 0 Å². The van der Waals surface area contributed by atoms with Crippen LogP contribution in [0.5, 0.6) is 0 Å². The van der Waals surface area contributed by atoms with Crippen LogP contribution in [0.25, 0.3) is 10.9 Å². The Morgan fingerprint density at radius 3 is 2.85 bits per heavy atom. The molecule has 0 radical (unpaired) electrons. The summed E-state index contributed by atoms with van der Waals surface area (Å²) < 4.78 is 0. The van der Waals surface area contributed by atoms with Gasteiger partial charge in [0, 0.05) is 30.1 Å². The van der Waals surface area contributed by atoms with E-state index in [1.807, 2.05) is 0 Å². The summed E-state index contributed by atoms with van der Waals surface area (Å²) in [5.74, 6) is -0.284. The largest absolute Gasteiger partial charge is 0.328 e. The van der Waals surface area contributed by atoms with Crippen molar-refractivity contribution in [3.8, 4) is 0 Å². The summed E-state index contributed by atoms with van der Waals surface area (Å²) >= 11 is 0. The third-order valence-corrected chi connectivity index (χ3v) is 3.25. The molecule has 0 saturated carbocycles. The zero-order chi connectivity index (χ0) is 14.1. The van der Waals surface area contributed by atoms with Crippen molar-refractivity contribution >= 4 is 34.8 Å². The Morgan fingerprint density at radius 2 is 2.10 bits per heavy atom. The van der Waals surface area contributed by atoms with Crippen LogP contribution in [0.2, 0.25) is 0 Å². The van der Waals surface area contributed by atoms with E-state index < -0.39 is 6.03 Å². The van der Waals surface area contributed by atoms with Gasteiger partial charge in [0.2, 0.25) is 5.91 Å².